The molecule has 0 aromatic carbocycles. The topological polar surface area (TPSA) is 59.0 Å². The van der Waals surface area contributed by atoms with Crippen LogP contribution in [0.2, 0.25) is 0 Å². The molecule has 1 fully saturated rings. The molecule has 0 unspecified atom stereocenters. The predicted octanol–water partition coefficient (Wildman–Crippen LogP) is 0.935. The van der Waals surface area contributed by atoms with Gasteiger partial charge in [-0.3, -0.25) is 9.48 Å². The van der Waals surface area contributed by atoms with Gasteiger partial charge < -0.3 is 10.6 Å². The van der Waals surface area contributed by atoms with Crippen LogP contribution in [0.5, 0.6) is 0 Å². The summed E-state index contributed by atoms with van der Waals surface area (Å²) in [6.45, 7) is 2.52. The van der Waals surface area contributed by atoms with E-state index in [2.05, 4.69) is 22.7 Å². The third kappa shape index (κ3) is 3.39. The summed E-state index contributed by atoms with van der Waals surface area (Å²) in [7, 11) is 1.63. The van der Waals surface area contributed by atoms with Gasteiger partial charge in [0.1, 0.15) is 6.54 Å². The van der Waals surface area contributed by atoms with Crippen LogP contribution in [0.1, 0.15) is 13.3 Å². The third-order valence-electron chi connectivity index (χ3n) is 2.79. The molecular formula is C11H18N4OS. The molecule has 1 aromatic heterocycles. The van der Waals surface area contributed by atoms with Crippen molar-refractivity contribution in [1.29, 1.82) is 0 Å². The highest BCUT2D eigenvalue weighted by Crippen LogP contribution is 2.28. The molecule has 0 spiro atoms. The minimum atomic E-state index is -0.0373. The molecule has 1 aromatic rings. The van der Waals surface area contributed by atoms with Gasteiger partial charge in [-0.15, -0.1) is 0 Å². The molecule has 2 atom stereocenters. The van der Waals surface area contributed by atoms with Crippen LogP contribution < -0.4 is 10.6 Å². The molecule has 0 bridgehead atoms. The van der Waals surface area contributed by atoms with Crippen molar-refractivity contribution in [3.05, 3.63) is 12.4 Å². The molecule has 2 N–H and O–H groups in total. The second-order valence-corrected chi connectivity index (χ2v) is 5.79. The monoisotopic (exact) mass is 254 g/mol. The van der Waals surface area contributed by atoms with E-state index in [1.54, 1.807) is 17.9 Å². The molecule has 0 aliphatic carbocycles. The van der Waals surface area contributed by atoms with E-state index in [4.69, 9.17) is 0 Å². The van der Waals surface area contributed by atoms with Crippen molar-refractivity contribution in [2.24, 2.45) is 0 Å². The van der Waals surface area contributed by atoms with E-state index in [9.17, 15) is 4.79 Å². The highest BCUT2D eigenvalue weighted by Gasteiger charge is 2.21. The van der Waals surface area contributed by atoms with Gasteiger partial charge in [0.25, 0.3) is 0 Å². The van der Waals surface area contributed by atoms with E-state index in [1.165, 1.54) is 6.42 Å². The lowest BCUT2D eigenvalue weighted by Gasteiger charge is -2.10. The van der Waals surface area contributed by atoms with Gasteiger partial charge >= 0.3 is 0 Å². The Morgan fingerprint density at radius 2 is 2.53 bits per heavy atom. The average Bonchev–Trinajstić information content (AvgIpc) is 2.89. The minimum Gasteiger partial charge on any atom is -0.379 e. The summed E-state index contributed by atoms with van der Waals surface area (Å²) in [5, 5.41) is 10.9. The molecule has 17 heavy (non-hydrogen) atoms. The molecular weight excluding hydrogens is 236 g/mol. The van der Waals surface area contributed by atoms with Gasteiger partial charge in [-0.05, 0) is 6.42 Å². The molecule has 94 valence electrons. The summed E-state index contributed by atoms with van der Waals surface area (Å²) in [6, 6.07) is 0.521. The van der Waals surface area contributed by atoms with Gasteiger partial charge in [-0.25, -0.2) is 0 Å². The van der Waals surface area contributed by atoms with E-state index >= 15 is 0 Å². The first kappa shape index (κ1) is 12.3. The molecule has 2 heterocycles. The number of anilines is 1. The van der Waals surface area contributed by atoms with E-state index in [0.29, 0.717) is 6.04 Å². The van der Waals surface area contributed by atoms with Crippen LogP contribution in [-0.2, 0) is 11.3 Å². The first-order valence-electron chi connectivity index (χ1n) is 5.78. The Bertz CT molecular complexity index is 393. The number of amides is 1. The van der Waals surface area contributed by atoms with Gasteiger partial charge in [0.05, 0.1) is 11.9 Å². The van der Waals surface area contributed by atoms with Crippen LogP contribution in [0.3, 0.4) is 0 Å². The van der Waals surface area contributed by atoms with Crippen molar-refractivity contribution in [1.82, 2.24) is 15.1 Å². The standard InChI is InChI=1S/C11H18N4OS/c1-8-3-9(7-17-8)14-10-4-13-15(5-10)6-11(16)12-2/h4-5,8-9,14H,3,6-7H2,1-2H3,(H,12,16)/t8-,9+/m0/s1. The fraction of sp³-hybridized carbons (Fsp3) is 0.636. The van der Waals surface area contributed by atoms with Gasteiger partial charge in [0.15, 0.2) is 0 Å². The van der Waals surface area contributed by atoms with Crippen molar-refractivity contribution in [3.8, 4) is 0 Å². The van der Waals surface area contributed by atoms with Crippen molar-refractivity contribution in [2.45, 2.75) is 31.2 Å². The number of hydrogen-bond acceptors (Lipinski definition) is 4. The molecule has 1 aliphatic rings. The summed E-state index contributed by atoms with van der Waals surface area (Å²) < 4.78 is 1.65. The van der Waals surface area contributed by atoms with E-state index < -0.39 is 0 Å². The lowest BCUT2D eigenvalue weighted by molar-refractivity contribution is -0.121. The minimum absolute atomic E-state index is 0.0373. The number of carbonyl (C=O) groups excluding carboxylic acids is 1. The SMILES string of the molecule is CNC(=O)Cn1cc(N[C@H]2CS[C@@H](C)C2)cn1. The second-order valence-electron chi connectivity index (χ2n) is 4.32. The Balaban J connectivity index is 1.87. The smallest absolute Gasteiger partial charge is 0.241 e. The molecule has 1 saturated heterocycles. The van der Waals surface area contributed by atoms with Crippen LogP contribution >= 0.6 is 11.8 Å². The maximum atomic E-state index is 11.2. The first-order valence-corrected chi connectivity index (χ1v) is 6.83. The Kier molecular flexibility index (Phi) is 3.93. The number of aromatic nitrogens is 2. The Hall–Kier alpha value is -1.17. The quantitative estimate of drug-likeness (QED) is 0.839. The van der Waals surface area contributed by atoms with E-state index in [0.717, 1.165) is 16.7 Å². The summed E-state index contributed by atoms with van der Waals surface area (Å²) in [5.74, 6) is 1.10. The lowest BCUT2D eigenvalue weighted by atomic mass is 10.2. The third-order valence-corrected chi connectivity index (χ3v) is 4.14. The van der Waals surface area contributed by atoms with Crippen LogP contribution in [0.25, 0.3) is 0 Å². The van der Waals surface area contributed by atoms with Crippen molar-refractivity contribution in [2.75, 3.05) is 18.1 Å². The number of nitrogens with zero attached hydrogens (tertiary/aromatic N) is 2. The summed E-state index contributed by atoms with van der Waals surface area (Å²) in [6.07, 6.45) is 4.84. The lowest BCUT2D eigenvalue weighted by Crippen LogP contribution is -2.23. The zero-order valence-corrected chi connectivity index (χ0v) is 11.0. The highest BCUT2D eigenvalue weighted by molar-refractivity contribution is 8.00. The van der Waals surface area contributed by atoms with E-state index in [-0.39, 0.29) is 12.5 Å². The largest absolute Gasteiger partial charge is 0.379 e. The van der Waals surface area contributed by atoms with Crippen LogP contribution in [0, 0.1) is 0 Å². The highest BCUT2D eigenvalue weighted by atomic mass is 32.2. The zero-order valence-electron chi connectivity index (χ0n) is 10.1. The summed E-state index contributed by atoms with van der Waals surface area (Å²) in [5.41, 5.74) is 0.994. The van der Waals surface area contributed by atoms with Crippen molar-refractivity contribution < 1.29 is 4.79 Å². The summed E-state index contributed by atoms with van der Waals surface area (Å²) >= 11 is 1.99. The normalized spacial score (nSPS) is 23.6. The van der Waals surface area contributed by atoms with Crippen molar-refractivity contribution >= 4 is 23.4 Å². The Labute approximate surface area is 105 Å². The van der Waals surface area contributed by atoms with Gasteiger partial charge in [-0.2, -0.15) is 16.9 Å². The Morgan fingerprint density at radius 3 is 3.18 bits per heavy atom. The van der Waals surface area contributed by atoms with Crippen LogP contribution in [-0.4, -0.2) is 39.8 Å². The molecule has 0 saturated carbocycles. The van der Waals surface area contributed by atoms with Crippen LogP contribution in [0.4, 0.5) is 5.69 Å². The van der Waals surface area contributed by atoms with Crippen LogP contribution in [0.15, 0.2) is 12.4 Å². The Morgan fingerprint density at radius 1 is 1.71 bits per heavy atom. The zero-order chi connectivity index (χ0) is 12.3. The number of rotatable bonds is 4. The van der Waals surface area contributed by atoms with Gasteiger partial charge in [0.2, 0.25) is 5.91 Å². The van der Waals surface area contributed by atoms with Gasteiger partial charge in [-0.1, -0.05) is 6.92 Å². The maximum absolute atomic E-state index is 11.2. The average molecular weight is 254 g/mol. The number of nitrogens with one attached hydrogen (secondary N) is 2. The predicted molar refractivity (Wildman–Crippen MR) is 70.2 cm³/mol. The molecule has 0 radical (unpaired) electrons. The number of hydrogen-bond donors (Lipinski definition) is 2. The summed E-state index contributed by atoms with van der Waals surface area (Å²) in [4.78, 5) is 11.2. The second kappa shape index (κ2) is 5.44. The molecule has 5 nitrogen and oxygen atoms in total. The van der Waals surface area contributed by atoms with Crippen molar-refractivity contribution in [3.63, 3.8) is 0 Å². The molecule has 6 heteroatoms. The molecule has 2 rings (SSSR count). The first-order chi connectivity index (χ1) is 8.17. The number of likely N-dealkylation sites (N-methyl/N-ethyl adjacent to an activating group) is 1. The van der Waals surface area contributed by atoms with Gasteiger partial charge in [0, 0.05) is 30.3 Å². The number of carbonyl (C=O) groups is 1. The molecule has 1 amide bonds. The molecule has 1 aliphatic heterocycles. The van der Waals surface area contributed by atoms with E-state index in [1.807, 2.05) is 18.0 Å². The maximum Gasteiger partial charge on any atom is 0.241 e. The fourth-order valence-electron chi connectivity index (χ4n) is 1.90. The fourth-order valence-corrected chi connectivity index (χ4v) is 3.05. The number of thioether (sulfide) groups is 1.